The third kappa shape index (κ3) is 2.66. The summed E-state index contributed by atoms with van der Waals surface area (Å²) in [6.45, 7) is 0.507. The molecule has 3 rings (SSSR count). The van der Waals surface area contributed by atoms with Crippen molar-refractivity contribution in [3.8, 4) is 5.75 Å². The number of nitrogens with one attached hydrogen (secondary N) is 1. The quantitative estimate of drug-likeness (QED) is 0.872. The molecule has 118 valence electrons. The molecule has 3 unspecified atom stereocenters. The van der Waals surface area contributed by atoms with Gasteiger partial charge in [-0.15, -0.1) is 0 Å². The highest BCUT2D eigenvalue weighted by molar-refractivity contribution is 5.85. The molecule has 2 aliphatic rings. The van der Waals surface area contributed by atoms with Crippen LogP contribution in [0.25, 0.3) is 0 Å². The number of fused-ring (bicyclic) bond motifs is 2. The summed E-state index contributed by atoms with van der Waals surface area (Å²) in [5.41, 5.74) is 0.702. The molecule has 6 heteroatoms. The van der Waals surface area contributed by atoms with Gasteiger partial charge in [-0.05, 0) is 30.5 Å². The SMILES string of the molecule is COC(C(=O)N1C2CCC1CC(=O)NC2)c1ccc(O)cc1. The summed E-state index contributed by atoms with van der Waals surface area (Å²) in [5.74, 6) is 0.0384. The lowest BCUT2D eigenvalue weighted by molar-refractivity contribution is -0.145. The maximum absolute atomic E-state index is 12.9. The van der Waals surface area contributed by atoms with Crippen molar-refractivity contribution in [1.82, 2.24) is 10.2 Å². The fourth-order valence-electron chi connectivity index (χ4n) is 3.40. The van der Waals surface area contributed by atoms with E-state index in [-0.39, 0.29) is 29.6 Å². The molecule has 1 aromatic carbocycles. The van der Waals surface area contributed by atoms with Crippen molar-refractivity contribution in [3.63, 3.8) is 0 Å². The maximum Gasteiger partial charge on any atom is 0.256 e. The van der Waals surface area contributed by atoms with Crippen LogP contribution in [-0.2, 0) is 14.3 Å². The maximum atomic E-state index is 12.9. The van der Waals surface area contributed by atoms with E-state index in [1.54, 1.807) is 12.1 Å². The number of rotatable bonds is 3. The smallest absolute Gasteiger partial charge is 0.256 e. The highest BCUT2D eigenvalue weighted by Gasteiger charge is 2.42. The first-order valence-electron chi connectivity index (χ1n) is 7.50. The van der Waals surface area contributed by atoms with Crippen LogP contribution in [0.2, 0.25) is 0 Å². The van der Waals surface area contributed by atoms with Gasteiger partial charge in [0.15, 0.2) is 6.10 Å². The second-order valence-electron chi connectivity index (χ2n) is 5.85. The molecule has 2 heterocycles. The van der Waals surface area contributed by atoms with Gasteiger partial charge in [-0.3, -0.25) is 9.59 Å². The molecule has 0 spiro atoms. The normalized spacial score (nSPS) is 25.5. The fraction of sp³-hybridized carbons (Fsp3) is 0.500. The van der Waals surface area contributed by atoms with Crippen LogP contribution in [-0.4, -0.2) is 47.6 Å². The minimum atomic E-state index is -0.711. The van der Waals surface area contributed by atoms with Gasteiger partial charge < -0.3 is 20.1 Å². The molecule has 0 aliphatic carbocycles. The van der Waals surface area contributed by atoms with Gasteiger partial charge in [0.05, 0.1) is 0 Å². The predicted octanol–water partition coefficient (Wildman–Crippen LogP) is 0.959. The number of aromatic hydroxyl groups is 1. The van der Waals surface area contributed by atoms with E-state index in [9.17, 15) is 14.7 Å². The average Bonchev–Trinajstić information content (AvgIpc) is 2.81. The van der Waals surface area contributed by atoms with Crippen molar-refractivity contribution < 1.29 is 19.4 Å². The number of hydrogen-bond donors (Lipinski definition) is 2. The molecule has 6 nitrogen and oxygen atoms in total. The number of methoxy groups -OCH3 is 1. The van der Waals surface area contributed by atoms with E-state index in [1.807, 2.05) is 4.90 Å². The monoisotopic (exact) mass is 304 g/mol. The number of carbonyl (C=O) groups is 2. The second-order valence-corrected chi connectivity index (χ2v) is 5.85. The van der Waals surface area contributed by atoms with Gasteiger partial charge in [0, 0.05) is 32.2 Å². The number of amides is 2. The zero-order chi connectivity index (χ0) is 15.7. The van der Waals surface area contributed by atoms with Gasteiger partial charge >= 0.3 is 0 Å². The summed E-state index contributed by atoms with van der Waals surface area (Å²) < 4.78 is 5.41. The van der Waals surface area contributed by atoms with Crippen LogP contribution in [0.3, 0.4) is 0 Å². The van der Waals surface area contributed by atoms with Gasteiger partial charge in [-0.25, -0.2) is 0 Å². The molecule has 22 heavy (non-hydrogen) atoms. The molecule has 2 fully saturated rings. The van der Waals surface area contributed by atoms with E-state index in [2.05, 4.69) is 5.32 Å². The lowest BCUT2D eigenvalue weighted by Gasteiger charge is -2.30. The Morgan fingerprint density at radius 3 is 2.68 bits per heavy atom. The van der Waals surface area contributed by atoms with Crippen LogP contribution >= 0.6 is 0 Å². The van der Waals surface area contributed by atoms with Gasteiger partial charge in [0.25, 0.3) is 5.91 Å². The first-order chi connectivity index (χ1) is 10.6. The van der Waals surface area contributed by atoms with E-state index >= 15 is 0 Å². The van der Waals surface area contributed by atoms with E-state index in [1.165, 1.54) is 19.2 Å². The van der Waals surface area contributed by atoms with E-state index in [0.717, 1.165) is 12.8 Å². The van der Waals surface area contributed by atoms with Gasteiger partial charge in [0.2, 0.25) is 5.91 Å². The molecule has 0 saturated carbocycles. The number of carbonyl (C=O) groups excluding carboxylic acids is 2. The van der Waals surface area contributed by atoms with Crippen molar-refractivity contribution in [2.24, 2.45) is 0 Å². The molecule has 3 atom stereocenters. The Labute approximate surface area is 129 Å². The van der Waals surface area contributed by atoms with Gasteiger partial charge in [-0.1, -0.05) is 12.1 Å². The molecular formula is C16H20N2O4. The highest BCUT2D eigenvalue weighted by atomic mass is 16.5. The Balaban J connectivity index is 1.84. The minimum Gasteiger partial charge on any atom is -0.508 e. The second kappa shape index (κ2) is 5.96. The van der Waals surface area contributed by atoms with Crippen molar-refractivity contribution in [3.05, 3.63) is 29.8 Å². The molecule has 0 aromatic heterocycles. The van der Waals surface area contributed by atoms with E-state index in [0.29, 0.717) is 18.5 Å². The lowest BCUT2D eigenvalue weighted by Crippen LogP contribution is -2.45. The van der Waals surface area contributed by atoms with Gasteiger partial charge in [-0.2, -0.15) is 0 Å². The zero-order valence-electron chi connectivity index (χ0n) is 12.5. The standard InChI is InChI=1S/C16H20N2O4/c1-22-15(10-2-6-13(19)7-3-10)16(21)18-11-4-5-12(18)9-17-14(20)8-11/h2-3,6-7,11-12,15,19H,4-5,8-9H2,1H3,(H,17,20). The van der Waals surface area contributed by atoms with Crippen LogP contribution in [0, 0.1) is 0 Å². The summed E-state index contributed by atoms with van der Waals surface area (Å²) in [7, 11) is 1.50. The topological polar surface area (TPSA) is 78.9 Å². The van der Waals surface area contributed by atoms with E-state index in [4.69, 9.17) is 4.74 Å². The molecule has 0 radical (unpaired) electrons. The Morgan fingerprint density at radius 1 is 1.32 bits per heavy atom. The number of benzene rings is 1. The minimum absolute atomic E-state index is 0.00333. The third-order valence-electron chi connectivity index (χ3n) is 4.49. The fourth-order valence-corrected chi connectivity index (χ4v) is 3.40. The average molecular weight is 304 g/mol. The first kappa shape index (κ1) is 14.8. The Bertz CT molecular complexity index is 572. The van der Waals surface area contributed by atoms with Crippen molar-refractivity contribution in [2.75, 3.05) is 13.7 Å². The third-order valence-corrected chi connectivity index (χ3v) is 4.49. The number of nitrogens with zero attached hydrogens (tertiary/aromatic N) is 1. The van der Waals surface area contributed by atoms with Crippen LogP contribution in [0.4, 0.5) is 0 Å². The summed E-state index contributed by atoms with van der Waals surface area (Å²) in [6, 6.07) is 6.44. The molecule has 2 aliphatic heterocycles. The molecule has 2 bridgehead atoms. The Hall–Kier alpha value is -2.08. The first-order valence-corrected chi connectivity index (χ1v) is 7.50. The Morgan fingerprint density at radius 2 is 2.00 bits per heavy atom. The Kier molecular flexibility index (Phi) is 4.02. The van der Waals surface area contributed by atoms with Crippen LogP contribution in [0.15, 0.2) is 24.3 Å². The highest BCUT2D eigenvalue weighted by Crippen LogP contribution is 2.32. The lowest BCUT2D eigenvalue weighted by atomic mass is 10.1. The molecular weight excluding hydrogens is 284 g/mol. The summed E-state index contributed by atoms with van der Waals surface area (Å²) >= 11 is 0. The van der Waals surface area contributed by atoms with Crippen LogP contribution in [0.1, 0.15) is 30.9 Å². The summed E-state index contributed by atoms with van der Waals surface area (Å²) in [5, 5.41) is 12.2. The molecule has 1 aromatic rings. The van der Waals surface area contributed by atoms with Crippen LogP contribution in [0.5, 0.6) is 5.75 Å². The van der Waals surface area contributed by atoms with Crippen molar-refractivity contribution in [2.45, 2.75) is 37.5 Å². The molecule has 2 saturated heterocycles. The number of hydrogen-bond acceptors (Lipinski definition) is 4. The van der Waals surface area contributed by atoms with Gasteiger partial charge in [0.1, 0.15) is 5.75 Å². The van der Waals surface area contributed by atoms with E-state index < -0.39 is 6.10 Å². The van der Waals surface area contributed by atoms with Crippen molar-refractivity contribution in [1.29, 1.82) is 0 Å². The molecule has 2 N–H and O–H groups in total. The number of phenolic OH excluding ortho intramolecular Hbond substituents is 1. The largest absolute Gasteiger partial charge is 0.508 e. The predicted molar refractivity (Wildman–Crippen MR) is 79.1 cm³/mol. The summed E-state index contributed by atoms with van der Waals surface area (Å²) in [6.07, 6.45) is 1.41. The zero-order valence-corrected chi connectivity index (χ0v) is 12.5. The van der Waals surface area contributed by atoms with Crippen molar-refractivity contribution >= 4 is 11.8 Å². The molecule has 2 amide bonds. The van der Waals surface area contributed by atoms with Crippen LogP contribution < -0.4 is 5.32 Å². The number of phenols is 1. The number of ether oxygens (including phenoxy) is 1. The summed E-state index contributed by atoms with van der Waals surface area (Å²) in [4.78, 5) is 26.4.